The Balaban J connectivity index is 1.92. The number of benzene rings is 1. The molecule has 1 aliphatic carbocycles. The van der Waals surface area contributed by atoms with Gasteiger partial charge >= 0.3 is 0 Å². The van der Waals surface area contributed by atoms with E-state index in [2.05, 4.69) is 47.5 Å². The van der Waals surface area contributed by atoms with E-state index in [1.165, 1.54) is 36.1 Å². The van der Waals surface area contributed by atoms with E-state index in [1.54, 1.807) is 0 Å². The summed E-state index contributed by atoms with van der Waals surface area (Å²) in [4.78, 5) is 0. The van der Waals surface area contributed by atoms with Crippen molar-refractivity contribution in [1.29, 1.82) is 0 Å². The number of aromatic nitrogens is 2. The number of hydrogen-bond acceptors (Lipinski definition) is 1. The molecule has 1 aromatic carbocycles. The minimum Gasteiger partial charge on any atom is -0.282 e. The van der Waals surface area contributed by atoms with Crippen molar-refractivity contribution in [3.05, 3.63) is 53.3 Å². The molecule has 0 amide bonds. The van der Waals surface area contributed by atoms with Crippen molar-refractivity contribution >= 4 is 0 Å². The lowest BCUT2D eigenvalue weighted by molar-refractivity contribution is 0.443. The molecule has 0 saturated heterocycles. The molecular formula is C16H20N2. The number of nitrogens with zero attached hydrogens (tertiary/aromatic N) is 1. The molecule has 94 valence electrons. The van der Waals surface area contributed by atoms with Gasteiger partial charge in [0, 0.05) is 17.2 Å². The number of H-pyrrole nitrogens is 1. The van der Waals surface area contributed by atoms with Gasteiger partial charge in [-0.05, 0) is 24.3 Å². The Labute approximate surface area is 108 Å². The molecule has 0 aliphatic heterocycles. The lowest BCUT2D eigenvalue weighted by Gasteiger charge is -2.20. The van der Waals surface area contributed by atoms with Gasteiger partial charge in [-0.1, -0.05) is 50.1 Å². The van der Waals surface area contributed by atoms with Crippen LogP contribution in [0.5, 0.6) is 0 Å². The fourth-order valence-electron chi connectivity index (χ4n) is 3.23. The standard InChI is InChI=1S/C16H20N2/c1-2-3-7-13-10-15-14(11-17-18-15)16(13)12-8-5-4-6-9-12/h4-6,8-9,11,13,16H,2-3,7,10H2,1H3,(H,17,18)/t13-,16+/m0/s1. The number of nitrogens with one attached hydrogen (secondary N) is 1. The van der Waals surface area contributed by atoms with Crippen molar-refractivity contribution in [2.45, 2.75) is 38.5 Å². The molecule has 2 aromatic rings. The second kappa shape index (κ2) is 4.97. The van der Waals surface area contributed by atoms with Gasteiger partial charge in [0.2, 0.25) is 0 Å². The van der Waals surface area contributed by atoms with Crippen LogP contribution in [0.3, 0.4) is 0 Å². The van der Waals surface area contributed by atoms with Crippen molar-refractivity contribution in [2.75, 3.05) is 0 Å². The zero-order valence-corrected chi connectivity index (χ0v) is 10.9. The Morgan fingerprint density at radius 3 is 2.89 bits per heavy atom. The molecule has 2 heteroatoms. The second-order valence-corrected chi connectivity index (χ2v) is 5.30. The number of hydrogen-bond donors (Lipinski definition) is 1. The summed E-state index contributed by atoms with van der Waals surface area (Å²) in [5.74, 6) is 1.29. The Morgan fingerprint density at radius 1 is 1.28 bits per heavy atom. The van der Waals surface area contributed by atoms with Crippen LogP contribution in [-0.2, 0) is 6.42 Å². The van der Waals surface area contributed by atoms with E-state index in [1.807, 2.05) is 6.20 Å². The number of rotatable bonds is 4. The highest BCUT2D eigenvalue weighted by Gasteiger charge is 2.34. The zero-order valence-electron chi connectivity index (χ0n) is 10.9. The first-order valence-corrected chi connectivity index (χ1v) is 6.97. The summed E-state index contributed by atoms with van der Waals surface area (Å²) < 4.78 is 0. The van der Waals surface area contributed by atoms with E-state index >= 15 is 0 Å². The van der Waals surface area contributed by atoms with Crippen LogP contribution in [0.4, 0.5) is 0 Å². The minimum atomic E-state index is 0.548. The summed E-state index contributed by atoms with van der Waals surface area (Å²) in [6, 6.07) is 10.9. The Morgan fingerprint density at radius 2 is 2.11 bits per heavy atom. The first kappa shape index (κ1) is 11.5. The second-order valence-electron chi connectivity index (χ2n) is 5.30. The average Bonchev–Trinajstić information content (AvgIpc) is 2.97. The van der Waals surface area contributed by atoms with Crippen molar-refractivity contribution in [2.24, 2.45) is 5.92 Å². The average molecular weight is 240 g/mol. The van der Waals surface area contributed by atoms with Crippen LogP contribution in [0.2, 0.25) is 0 Å². The van der Waals surface area contributed by atoms with Gasteiger partial charge in [0.15, 0.2) is 0 Å². The Bertz CT molecular complexity index is 501. The normalized spacial score (nSPS) is 22.1. The number of aromatic amines is 1. The molecule has 1 aromatic heterocycles. The highest BCUT2D eigenvalue weighted by Crippen LogP contribution is 2.43. The third kappa shape index (κ3) is 1.96. The van der Waals surface area contributed by atoms with E-state index in [4.69, 9.17) is 0 Å². The molecule has 1 aliphatic rings. The minimum absolute atomic E-state index is 0.548. The first-order valence-electron chi connectivity index (χ1n) is 6.97. The van der Waals surface area contributed by atoms with Crippen LogP contribution >= 0.6 is 0 Å². The predicted octanol–water partition coefficient (Wildman–Crippen LogP) is 3.90. The molecule has 1 N–H and O–H groups in total. The van der Waals surface area contributed by atoms with Crippen LogP contribution in [0.15, 0.2) is 36.5 Å². The maximum atomic E-state index is 4.21. The molecule has 0 bridgehead atoms. The van der Waals surface area contributed by atoms with Crippen molar-refractivity contribution in [1.82, 2.24) is 10.2 Å². The molecule has 2 atom stereocenters. The molecule has 0 fully saturated rings. The zero-order chi connectivity index (χ0) is 12.4. The Kier molecular flexibility index (Phi) is 3.18. The van der Waals surface area contributed by atoms with Gasteiger partial charge in [-0.15, -0.1) is 0 Å². The maximum absolute atomic E-state index is 4.21. The van der Waals surface area contributed by atoms with Crippen LogP contribution in [0, 0.1) is 5.92 Å². The van der Waals surface area contributed by atoms with Gasteiger partial charge in [-0.25, -0.2) is 0 Å². The summed E-state index contributed by atoms with van der Waals surface area (Å²) in [7, 11) is 0. The quantitative estimate of drug-likeness (QED) is 0.862. The Hall–Kier alpha value is -1.57. The molecule has 2 nitrogen and oxygen atoms in total. The van der Waals surface area contributed by atoms with E-state index in [0.717, 1.165) is 12.3 Å². The summed E-state index contributed by atoms with van der Waals surface area (Å²) in [5.41, 5.74) is 4.21. The van der Waals surface area contributed by atoms with Gasteiger partial charge in [-0.3, -0.25) is 5.10 Å². The van der Waals surface area contributed by atoms with E-state index in [-0.39, 0.29) is 0 Å². The largest absolute Gasteiger partial charge is 0.282 e. The molecule has 0 radical (unpaired) electrons. The lowest BCUT2D eigenvalue weighted by Crippen LogP contribution is -2.09. The smallest absolute Gasteiger partial charge is 0.0528 e. The van der Waals surface area contributed by atoms with E-state index in [0.29, 0.717) is 5.92 Å². The molecule has 0 saturated carbocycles. The molecular weight excluding hydrogens is 220 g/mol. The van der Waals surface area contributed by atoms with Crippen molar-refractivity contribution < 1.29 is 0 Å². The highest BCUT2D eigenvalue weighted by atomic mass is 15.1. The van der Waals surface area contributed by atoms with Crippen LogP contribution in [0.25, 0.3) is 0 Å². The summed E-state index contributed by atoms with van der Waals surface area (Å²) in [5, 5.41) is 7.38. The SMILES string of the molecule is CCCC[C@H]1Cc2[nH]ncc2[C@@H]1c1ccccc1. The first-order chi connectivity index (χ1) is 8.90. The van der Waals surface area contributed by atoms with Gasteiger partial charge in [-0.2, -0.15) is 5.10 Å². The monoisotopic (exact) mass is 240 g/mol. The van der Waals surface area contributed by atoms with Gasteiger partial charge in [0.1, 0.15) is 0 Å². The molecule has 1 heterocycles. The highest BCUT2D eigenvalue weighted by molar-refractivity contribution is 5.39. The fraction of sp³-hybridized carbons (Fsp3) is 0.438. The van der Waals surface area contributed by atoms with E-state index < -0.39 is 0 Å². The predicted molar refractivity (Wildman–Crippen MR) is 73.6 cm³/mol. The molecule has 0 unspecified atom stereocenters. The topological polar surface area (TPSA) is 28.7 Å². The van der Waals surface area contributed by atoms with Gasteiger partial charge in [0.05, 0.1) is 6.20 Å². The lowest BCUT2D eigenvalue weighted by atomic mass is 9.83. The molecule has 3 rings (SSSR count). The van der Waals surface area contributed by atoms with Crippen LogP contribution in [0.1, 0.15) is 48.9 Å². The maximum Gasteiger partial charge on any atom is 0.0528 e. The summed E-state index contributed by atoms with van der Waals surface area (Å²) in [6.45, 7) is 2.27. The third-order valence-corrected chi connectivity index (χ3v) is 4.11. The van der Waals surface area contributed by atoms with Crippen molar-refractivity contribution in [3.63, 3.8) is 0 Å². The fourth-order valence-corrected chi connectivity index (χ4v) is 3.23. The van der Waals surface area contributed by atoms with Gasteiger partial charge in [0.25, 0.3) is 0 Å². The summed E-state index contributed by atoms with van der Waals surface area (Å²) in [6.07, 6.45) is 7.11. The van der Waals surface area contributed by atoms with Crippen LogP contribution < -0.4 is 0 Å². The summed E-state index contributed by atoms with van der Waals surface area (Å²) >= 11 is 0. The van der Waals surface area contributed by atoms with Gasteiger partial charge < -0.3 is 0 Å². The third-order valence-electron chi connectivity index (χ3n) is 4.11. The van der Waals surface area contributed by atoms with Crippen molar-refractivity contribution in [3.8, 4) is 0 Å². The molecule has 18 heavy (non-hydrogen) atoms. The molecule has 0 spiro atoms. The number of unbranched alkanes of at least 4 members (excludes halogenated alkanes) is 1. The van der Waals surface area contributed by atoms with E-state index in [9.17, 15) is 0 Å². The number of fused-ring (bicyclic) bond motifs is 1. The van der Waals surface area contributed by atoms with Crippen LogP contribution in [-0.4, -0.2) is 10.2 Å².